The molecular weight excluding hydrogens is 557 g/mol. The standard InChI is InChI=1S/C25H23Cl2N3O7S/c1-3-37-25(32)15-24(29(16(2)31)23-11-10-18(26)13-22(23)27)17-6-4-7-19(12-17)28-38(35,36)21-9-5-8-20(14-21)30(33)34/h4-14,24,28H,3,15H2,1-2H3. The van der Waals surface area contributed by atoms with E-state index in [0.717, 1.165) is 6.07 Å². The second-order valence-corrected chi connectivity index (χ2v) is 10.5. The second kappa shape index (κ2) is 12.2. The van der Waals surface area contributed by atoms with Crippen LogP contribution in [0.1, 0.15) is 31.9 Å². The summed E-state index contributed by atoms with van der Waals surface area (Å²) in [5.41, 5.74) is 0.417. The molecule has 1 unspecified atom stereocenters. The Labute approximate surface area is 229 Å². The van der Waals surface area contributed by atoms with Gasteiger partial charge in [0.1, 0.15) is 0 Å². The first kappa shape index (κ1) is 28.9. The van der Waals surface area contributed by atoms with E-state index >= 15 is 0 Å². The monoisotopic (exact) mass is 579 g/mol. The van der Waals surface area contributed by atoms with Crippen LogP contribution >= 0.6 is 23.2 Å². The lowest BCUT2D eigenvalue weighted by Crippen LogP contribution is -2.35. The largest absolute Gasteiger partial charge is 0.466 e. The number of benzene rings is 3. The zero-order valence-corrected chi connectivity index (χ0v) is 22.6. The highest BCUT2D eigenvalue weighted by molar-refractivity contribution is 7.92. The molecule has 1 N–H and O–H groups in total. The van der Waals surface area contributed by atoms with Gasteiger partial charge in [0.15, 0.2) is 0 Å². The van der Waals surface area contributed by atoms with E-state index in [4.69, 9.17) is 27.9 Å². The van der Waals surface area contributed by atoms with E-state index in [1.807, 2.05) is 0 Å². The van der Waals surface area contributed by atoms with E-state index in [1.165, 1.54) is 48.2 Å². The van der Waals surface area contributed by atoms with Crippen molar-refractivity contribution in [3.8, 4) is 0 Å². The molecule has 0 radical (unpaired) electrons. The number of nitro benzene ring substituents is 1. The fourth-order valence-corrected chi connectivity index (χ4v) is 5.35. The molecule has 200 valence electrons. The van der Waals surface area contributed by atoms with Crippen molar-refractivity contribution in [2.24, 2.45) is 0 Å². The van der Waals surface area contributed by atoms with Crippen molar-refractivity contribution in [2.45, 2.75) is 31.2 Å². The van der Waals surface area contributed by atoms with E-state index in [0.29, 0.717) is 16.3 Å². The average Bonchev–Trinajstić information content (AvgIpc) is 2.85. The van der Waals surface area contributed by atoms with Crippen LogP contribution in [0, 0.1) is 10.1 Å². The van der Waals surface area contributed by atoms with Crippen LogP contribution in [0.5, 0.6) is 0 Å². The number of carbonyl (C=O) groups excluding carboxylic acids is 2. The summed E-state index contributed by atoms with van der Waals surface area (Å²) in [5.74, 6) is -1.03. The van der Waals surface area contributed by atoms with Crippen LogP contribution < -0.4 is 9.62 Å². The Hall–Kier alpha value is -3.67. The Kier molecular flexibility index (Phi) is 9.31. The number of hydrogen-bond acceptors (Lipinski definition) is 7. The molecule has 0 bridgehead atoms. The highest BCUT2D eigenvalue weighted by Gasteiger charge is 2.29. The van der Waals surface area contributed by atoms with Gasteiger partial charge in [-0.15, -0.1) is 0 Å². The number of nitro groups is 1. The van der Waals surface area contributed by atoms with Gasteiger partial charge in [0.2, 0.25) is 5.91 Å². The van der Waals surface area contributed by atoms with Crippen molar-refractivity contribution in [3.63, 3.8) is 0 Å². The Morgan fingerprint density at radius 3 is 2.42 bits per heavy atom. The molecule has 0 fully saturated rings. The summed E-state index contributed by atoms with van der Waals surface area (Å²) < 4.78 is 33.4. The zero-order chi connectivity index (χ0) is 28.0. The third-order valence-electron chi connectivity index (χ3n) is 5.35. The summed E-state index contributed by atoms with van der Waals surface area (Å²) in [7, 11) is -4.21. The van der Waals surface area contributed by atoms with Crippen LogP contribution in [0.4, 0.5) is 17.1 Å². The maximum Gasteiger partial charge on any atom is 0.308 e. The first-order chi connectivity index (χ1) is 17.9. The fraction of sp³-hybridized carbons (Fsp3) is 0.200. The Bertz CT molecular complexity index is 1480. The van der Waals surface area contributed by atoms with Crippen LogP contribution in [0.2, 0.25) is 10.0 Å². The lowest BCUT2D eigenvalue weighted by molar-refractivity contribution is -0.385. The molecule has 13 heteroatoms. The predicted molar refractivity (Wildman–Crippen MR) is 144 cm³/mol. The molecule has 0 spiro atoms. The van der Waals surface area contributed by atoms with Gasteiger partial charge in [-0.2, -0.15) is 0 Å². The van der Waals surface area contributed by atoms with Crippen LogP contribution in [-0.2, 0) is 24.3 Å². The van der Waals surface area contributed by atoms with Gasteiger partial charge in [-0.05, 0) is 48.9 Å². The van der Waals surface area contributed by atoms with E-state index < -0.39 is 32.9 Å². The number of anilines is 2. The molecule has 0 aliphatic heterocycles. The maximum atomic E-state index is 13.0. The van der Waals surface area contributed by atoms with Gasteiger partial charge in [-0.3, -0.25) is 24.4 Å². The van der Waals surface area contributed by atoms with Gasteiger partial charge >= 0.3 is 5.97 Å². The SMILES string of the molecule is CCOC(=O)CC(c1cccc(NS(=O)(=O)c2cccc([N+](=O)[O-])c2)c1)N(C(C)=O)c1ccc(Cl)cc1Cl. The summed E-state index contributed by atoms with van der Waals surface area (Å²) in [4.78, 5) is 36.7. The number of halogens is 2. The molecule has 0 aromatic heterocycles. The fourth-order valence-electron chi connectivity index (χ4n) is 3.76. The smallest absolute Gasteiger partial charge is 0.308 e. The molecule has 3 rings (SSSR count). The molecular formula is C25H23Cl2N3O7S. The molecule has 10 nitrogen and oxygen atoms in total. The topological polar surface area (TPSA) is 136 Å². The van der Waals surface area contributed by atoms with Crippen molar-refractivity contribution in [3.05, 3.63) is 92.5 Å². The molecule has 1 amide bonds. The van der Waals surface area contributed by atoms with Gasteiger partial charge in [0, 0.05) is 29.8 Å². The minimum atomic E-state index is -4.21. The van der Waals surface area contributed by atoms with Crippen molar-refractivity contribution in [1.29, 1.82) is 0 Å². The van der Waals surface area contributed by atoms with Crippen molar-refractivity contribution < 1.29 is 27.7 Å². The van der Waals surface area contributed by atoms with Crippen molar-refractivity contribution in [2.75, 3.05) is 16.2 Å². The van der Waals surface area contributed by atoms with E-state index in [-0.39, 0.29) is 34.3 Å². The van der Waals surface area contributed by atoms with Gasteiger partial charge in [-0.1, -0.05) is 41.4 Å². The maximum absolute atomic E-state index is 13.0. The van der Waals surface area contributed by atoms with Crippen molar-refractivity contribution >= 4 is 62.2 Å². The van der Waals surface area contributed by atoms with Gasteiger partial charge in [0.25, 0.3) is 15.7 Å². The Balaban J connectivity index is 2.05. The summed E-state index contributed by atoms with van der Waals surface area (Å²) in [6.07, 6.45) is -0.256. The van der Waals surface area contributed by atoms with Crippen LogP contribution in [0.3, 0.4) is 0 Å². The molecule has 3 aromatic rings. The number of hydrogen-bond donors (Lipinski definition) is 1. The molecule has 38 heavy (non-hydrogen) atoms. The summed E-state index contributed by atoms with van der Waals surface area (Å²) >= 11 is 12.4. The van der Waals surface area contributed by atoms with Gasteiger partial charge < -0.3 is 9.64 Å². The molecule has 0 aliphatic carbocycles. The number of esters is 1. The number of non-ortho nitro benzene ring substituents is 1. The number of nitrogens with one attached hydrogen (secondary N) is 1. The molecule has 0 aliphatic rings. The van der Waals surface area contributed by atoms with Crippen LogP contribution in [0.15, 0.2) is 71.6 Å². The normalized spacial score (nSPS) is 11.9. The quantitative estimate of drug-likeness (QED) is 0.183. The zero-order valence-electron chi connectivity index (χ0n) is 20.3. The summed E-state index contributed by atoms with van der Waals surface area (Å²) in [5, 5.41) is 11.6. The minimum absolute atomic E-state index is 0.105. The molecule has 1 atom stereocenters. The molecule has 0 saturated carbocycles. The number of nitrogens with zero attached hydrogens (tertiary/aromatic N) is 2. The lowest BCUT2D eigenvalue weighted by Gasteiger charge is -2.32. The number of carbonyl (C=O) groups is 2. The van der Waals surface area contributed by atoms with Crippen LogP contribution in [0.25, 0.3) is 0 Å². The molecule has 3 aromatic carbocycles. The van der Waals surface area contributed by atoms with E-state index in [9.17, 15) is 28.1 Å². The minimum Gasteiger partial charge on any atom is -0.466 e. The van der Waals surface area contributed by atoms with Crippen molar-refractivity contribution in [1.82, 2.24) is 0 Å². The molecule has 0 saturated heterocycles. The van der Waals surface area contributed by atoms with E-state index in [1.54, 1.807) is 31.2 Å². The first-order valence-corrected chi connectivity index (χ1v) is 13.4. The highest BCUT2D eigenvalue weighted by Crippen LogP contribution is 2.37. The highest BCUT2D eigenvalue weighted by atomic mass is 35.5. The third kappa shape index (κ3) is 7.00. The third-order valence-corrected chi connectivity index (χ3v) is 7.26. The van der Waals surface area contributed by atoms with Crippen LogP contribution in [-0.4, -0.2) is 31.8 Å². The summed E-state index contributed by atoms with van der Waals surface area (Å²) in [6.45, 7) is 3.07. The number of sulfonamides is 1. The Morgan fingerprint density at radius 1 is 1.08 bits per heavy atom. The van der Waals surface area contributed by atoms with E-state index in [2.05, 4.69) is 4.72 Å². The van der Waals surface area contributed by atoms with Gasteiger partial charge in [0.05, 0.1) is 39.6 Å². The number of ether oxygens (including phenoxy) is 1. The van der Waals surface area contributed by atoms with Gasteiger partial charge in [-0.25, -0.2) is 8.42 Å². The first-order valence-electron chi connectivity index (χ1n) is 11.2. The predicted octanol–water partition coefficient (Wildman–Crippen LogP) is 5.75. The lowest BCUT2D eigenvalue weighted by atomic mass is 10.00. The number of amides is 1. The second-order valence-electron chi connectivity index (χ2n) is 8.00. The number of rotatable bonds is 10. The molecule has 0 heterocycles. The Morgan fingerprint density at radius 2 is 1.79 bits per heavy atom. The average molecular weight is 580 g/mol. The summed E-state index contributed by atoms with van der Waals surface area (Å²) in [6, 6.07) is 14.3.